The molecule has 0 saturated carbocycles. The molecule has 1 aliphatic rings. The topological polar surface area (TPSA) is 60.4 Å². The van der Waals surface area contributed by atoms with E-state index in [1.807, 2.05) is 16.8 Å². The number of hydrogen-bond donors (Lipinski definition) is 1. The zero-order chi connectivity index (χ0) is 15.6. The van der Waals surface area contributed by atoms with E-state index >= 15 is 0 Å². The fourth-order valence-corrected chi connectivity index (χ4v) is 3.07. The van der Waals surface area contributed by atoms with Crippen molar-refractivity contribution < 1.29 is 14.3 Å². The van der Waals surface area contributed by atoms with Crippen LogP contribution in [-0.2, 0) is 24.3 Å². The first-order chi connectivity index (χ1) is 11.3. The lowest BCUT2D eigenvalue weighted by molar-refractivity contribution is 0.0308. The van der Waals surface area contributed by atoms with Crippen LogP contribution in [0.15, 0.2) is 53.2 Å². The van der Waals surface area contributed by atoms with Gasteiger partial charge < -0.3 is 18.8 Å². The second kappa shape index (κ2) is 6.02. The number of furan rings is 1. The van der Waals surface area contributed by atoms with Gasteiger partial charge in [0.2, 0.25) is 0 Å². The molecule has 0 amide bonds. The molecule has 0 radical (unpaired) electrons. The predicted molar refractivity (Wildman–Crippen MR) is 84.7 cm³/mol. The SMILES string of the molecule is OCc1ccc(-c2nccn2CC2OCCc3ccccc32)o1. The van der Waals surface area contributed by atoms with Gasteiger partial charge in [0.05, 0.1) is 13.2 Å². The molecule has 3 aromatic rings. The molecule has 5 heteroatoms. The molecule has 118 valence electrons. The average Bonchev–Trinajstić information content (AvgIpc) is 3.24. The Hall–Kier alpha value is -2.37. The minimum Gasteiger partial charge on any atom is -0.455 e. The predicted octanol–water partition coefficient (Wildman–Crippen LogP) is 2.95. The number of benzene rings is 1. The first-order valence-electron chi connectivity index (χ1n) is 7.75. The molecule has 1 N–H and O–H groups in total. The van der Waals surface area contributed by atoms with Gasteiger partial charge in [-0.1, -0.05) is 24.3 Å². The normalized spacial score (nSPS) is 17.2. The van der Waals surface area contributed by atoms with Crippen molar-refractivity contribution in [1.82, 2.24) is 9.55 Å². The van der Waals surface area contributed by atoms with Crippen LogP contribution >= 0.6 is 0 Å². The summed E-state index contributed by atoms with van der Waals surface area (Å²) >= 11 is 0. The second-order valence-corrected chi connectivity index (χ2v) is 5.64. The third-order valence-corrected chi connectivity index (χ3v) is 4.21. The summed E-state index contributed by atoms with van der Waals surface area (Å²) in [7, 11) is 0. The van der Waals surface area contributed by atoms with Gasteiger partial charge in [0.1, 0.15) is 18.5 Å². The summed E-state index contributed by atoms with van der Waals surface area (Å²) in [6.07, 6.45) is 4.66. The van der Waals surface area contributed by atoms with E-state index in [-0.39, 0.29) is 12.7 Å². The number of fused-ring (bicyclic) bond motifs is 1. The number of imidazole rings is 1. The molecule has 1 unspecified atom stereocenters. The Kier molecular flexibility index (Phi) is 3.73. The highest BCUT2D eigenvalue weighted by atomic mass is 16.5. The van der Waals surface area contributed by atoms with E-state index in [9.17, 15) is 0 Å². The first kappa shape index (κ1) is 14.2. The molecule has 4 rings (SSSR count). The van der Waals surface area contributed by atoms with Crippen molar-refractivity contribution in [3.8, 4) is 11.6 Å². The molecule has 1 aromatic carbocycles. The third-order valence-electron chi connectivity index (χ3n) is 4.21. The highest BCUT2D eigenvalue weighted by Crippen LogP contribution is 2.30. The van der Waals surface area contributed by atoms with Gasteiger partial charge in [0.25, 0.3) is 0 Å². The zero-order valence-electron chi connectivity index (χ0n) is 12.7. The Morgan fingerprint density at radius 3 is 3.00 bits per heavy atom. The number of rotatable bonds is 4. The summed E-state index contributed by atoms with van der Waals surface area (Å²) in [5.41, 5.74) is 2.60. The minimum absolute atomic E-state index is 0.0141. The molecule has 0 aliphatic carbocycles. The summed E-state index contributed by atoms with van der Waals surface area (Å²) in [4.78, 5) is 4.39. The third kappa shape index (κ3) is 2.69. The van der Waals surface area contributed by atoms with E-state index < -0.39 is 0 Å². The molecule has 0 saturated heterocycles. The Morgan fingerprint density at radius 2 is 2.13 bits per heavy atom. The summed E-state index contributed by atoms with van der Waals surface area (Å²) < 4.78 is 13.6. The van der Waals surface area contributed by atoms with Gasteiger partial charge in [-0.05, 0) is 29.7 Å². The lowest BCUT2D eigenvalue weighted by Gasteiger charge is -2.26. The monoisotopic (exact) mass is 310 g/mol. The highest BCUT2D eigenvalue weighted by Gasteiger charge is 2.22. The quantitative estimate of drug-likeness (QED) is 0.805. The molecular formula is C18H18N2O3. The lowest BCUT2D eigenvalue weighted by atomic mass is 9.97. The van der Waals surface area contributed by atoms with Crippen LogP contribution in [-0.4, -0.2) is 21.3 Å². The molecule has 0 spiro atoms. The summed E-state index contributed by atoms with van der Waals surface area (Å²) in [6.45, 7) is 1.31. The maximum atomic E-state index is 9.15. The van der Waals surface area contributed by atoms with E-state index in [0.717, 1.165) is 18.9 Å². The number of aliphatic hydroxyl groups excluding tert-OH is 1. The van der Waals surface area contributed by atoms with Crippen LogP contribution in [0.5, 0.6) is 0 Å². The van der Waals surface area contributed by atoms with E-state index in [1.165, 1.54) is 11.1 Å². The standard InChI is InChI=1S/C18H18N2O3/c21-12-14-5-6-16(23-14)18-19-8-9-20(18)11-17-15-4-2-1-3-13(15)7-10-22-17/h1-6,8-9,17,21H,7,10-12H2. The smallest absolute Gasteiger partial charge is 0.176 e. The van der Waals surface area contributed by atoms with Gasteiger partial charge >= 0.3 is 0 Å². The fourth-order valence-electron chi connectivity index (χ4n) is 3.07. The molecule has 1 atom stereocenters. The molecule has 0 fully saturated rings. The van der Waals surface area contributed by atoms with Gasteiger partial charge in [0.15, 0.2) is 11.6 Å². The van der Waals surface area contributed by atoms with E-state index in [2.05, 4.69) is 29.2 Å². The van der Waals surface area contributed by atoms with E-state index in [1.54, 1.807) is 12.3 Å². The van der Waals surface area contributed by atoms with Crippen molar-refractivity contribution in [2.24, 2.45) is 0 Å². The Bertz CT molecular complexity index is 806. The van der Waals surface area contributed by atoms with Gasteiger partial charge in [-0.25, -0.2) is 4.98 Å². The molecular weight excluding hydrogens is 292 g/mol. The number of nitrogens with zero attached hydrogens (tertiary/aromatic N) is 2. The second-order valence-electron chi connectivity index (χ2n) is 5.64. The average molecular weight is 310 g/mol. The van der Waals surface area contributed by atoms with Crippen molar-refractivity contribution in [3.05, 3.63) is 65.7 Å². The largest absolute Gasteiger partial charge is 0.455 e. The van der Waals surface area contributed by atoms with Crippen LogP contribution in [0.4, 0.5) is 0 Å². The van der Waals surface area contributed by atoms with Crippen LogP contribution < -0.4 is 0 Å². The van der Waals surface area contributed by atoms with Crippen molar-refractivity contribution in [2.45, 2.75) is 25.7 Å². The maximum Gasteiger partial charge on any atom is 0.176 e. The van der Waals surface area contributed by atoms with Gasteiger partial charge in [-0.2, -0.15) is 0 Å². The van der Waals surface area contributed by atoms with Gasteiger partial charge in [0, 0.05) is 12.4 Å². The molecule has 1 aliphatic heterocycles. The van der Waals surface area contributed by atoms with Gasteiger partial charge in [-0.15, -0.1) is 0 Å². The van der Waals surface area contributed by atoms with Crippen LogP contribution in [0.1, 0.15) is 23.0 Å². The van der Waals surface area contributed by atoms with Crippen molar-refractivity contribution in [3.63, 3.8) is 0 Å². The lowest BCUT2D eigenvalue weighted by Crippen LogP contribution is -2.20. The van der Waals surface area contributed by atoms with E-state index in [0.29, 0.717) is 18.1 Å². The van der Waals surface area contributed by atoms with Crippen molar-refractivity contribution in [2.75, 3.05) is 6.61 Å². The number of ether oxygens (including phenoxy) is 1. The fraction of sp³-hybridized carbons (Fsp3) is 0.278. The summed E-state index contributed by atoms with van der Waals surface area (Å²) in [6, 6.07) is 12.0. The van der Waals surface area contributed by atoms with Crippen LogP contribution in [0.25, 0.3) is 11.6 Å². The Balaban J connectivity index is 1.63. The molecule has 5 nitrogen and oxygen atoms in total. The Labute approximate surface area is 134 Å². The van der Waals surface area contributed by atoms with Crippen molar-refractivity contribution >= 4 is 0 Å². The zero-order valence-corrected chi connectivity index (χ0v) is 12.7. The number of aliphatic hydroxyl groups is 1. The first-order valence-corrected chi connectivity index (χ1v) is 7.75. The summed E-state index contributed by atoms with van der Waals surface area (Å²) in [5.74, 6) is 1.94. The molecule has 0 bridgehead atoms. The van der Waals surface area contributed by atoms with Crippen molar-refractivity contribution in [1.29, 1.82) is 0 Å². The van der Waals surface area contributed by atoms with Gasteiger partial charge in [-0.3, -0.25) is 0 Å². The van der Waals surface area contributed by atoms with Crippen LogP contribution in [0, 0.1) is 0 Å². The molecule has 2 aromatic heterocycles. The number of aromatic nitrogens is 2. The highest BCUT2D eigenvalue weighted by molar-refractivity contribution is 5.48. The van der Waals surface area contributed by atoms with Crippen LogP contribution in [0.3, 0.4) is 0 Å². The summed E-state index contributed by atoms with van der Waals surface area (Å²) in [5, 5.41) is 9.15. The molecule has 3 heterocycles. The number of hydrogen-bond acceptors (Lipinski definition) is 4. The van der Waals surface area contributed by atoms with E-state index in [4.69, 9.17) is 14.3 Å². The molecule has 23 heavy (non-hydrogen) atoms. The van der Waals surface area contributed by atoms with Crippen LogP contribution in [0.2, 0.25) is 0 Å². The maximum absolute atomic E-state index is 9.15. The minimum atomic E-state index is -0.111. The Morgan fingerprint density at radius 1 is 1.22 bits per heavy atom.